The van der Waals surface area contributed by atoms with Gasteiger partial charge in [-0.05, 0) is 44.3 Å². The SMILES string of the molecule is CCCCOc1ccc(C(=O)NCC(c2ccccc2)N(C)C)cc1OC. The molecule has 1 atom stereocenters. The lowest BCUT2D eigenvalue weighted by atomic mass is 10.1. The van der Waals surface area contributed by atoms with Crippen molar-refractivity contribution in [2.24, 2.45) is 0 Å². The molecule has 0 aliphatic carbocycles. The second-order valence-corrected chi connectivity index (χ2v) is 6.67. The van der Waals surface area contributed by atoms with E-state index in [1.54, 1.807) is 25.3 Å². The Morgan fingerprint density at radius 2 is 1.85 bits per heavy atom. The summed E-state index contributed by atoms with van der Waals surface area (Å²) < 4.78 is 11.1. The molecule has 0 aliphatic rings. The number of hydrogen-bond acceptors (Lipinski definition) is 4. The van der Waals surface area contributed by atoms with Crippen LogP contribution in [0.1, 0.15) is 41.7 Å². The van der Waals surface area contributed by atoms with Crippen LogP contribution >= 0.6 is 0 Å². The summed E-state index contributed by atoms with van der Waals surface area (Å²) in [5.41, 5.74) is 1.72. The van der Waals surface area contributed by atoms with Gasteiger partial charge < -0.3 is 19.7 Å². The van der Waals surface area contributed by atoms with Gasteiger partial charge in [0.15, 0.2) is 11.5 Å². The summed E-state index contributed by atoms with van der Waals surface area (Å²) in [7, 11) is 5.60. The Bertz CT molecular complexity index is 717. The van der Waals surface area contributed by atoms with E-state index in [0.29, 0.717) is 30.2 Å². The number of ether oxygens (including phenoxy) is 2. The zero-order valence-electron chi connectivity index (χ0n) is 16.7. The van der Waals surface area contributed by atoms with E-state index in [-0.39, 0.29) is 11.9 Å². The summed E-state index contributed by atoms with van der Waals surface area (Å²) in [5, 5.41) is 3.02. The van der Waals surface area contributed by atoms with Gasteiger partial charge >= 0.3 is 0 Å². The fraction of sp³-hybridized carbons (Fsp3) is 0.409. The van der Waals surface area contributed by atoms with E-state index in [1.165, 1.54) is 5.56 Å². The molecule has 0 fully saturated rings. The first-order valence-electron chi connectivity index (χ1n) is 9.37. The van der Waals surface area contributed by atoms with Crippen LogP contribution < -0.4 is 14.8 Å². The summed E-state index contributed by atoms with van der Waals surface area (Å²) in [6.45, 7) is 3.28. The molecule has 146 valence electrons. The Morgan fingerprint density at radius 3 is 2.48 bits per heavy atom. The lowest BCUT2D eigenvalue weighted by Gasteiger charge is -2.25. The van der Waals surface area contributed by atoms with Gasteiger partial charge in [-0.2, -0.15) is 0 Å². The molecule has 0 spiro atoms. The standard InChI is InChI=1S/C22H30N2O3/c1-5-6-14-27-20-13-12-18(15-21(20)26-4)22(25)23-16-19(24(2)3)17-10-8-7-9-11-17/h7-13,15,19H,5-6,14,16H2,1-4H3,(H,23,25). The highest BCUT2D eigenvalue weighted by Crippen LogP contribution is 2.28. The fourth-order valence-electron chi connectivity index (χ4n) is 2.82. The average molecular weight is 370 g/mol. The van der Waals surface area contributed by atoms with Crippen LogP contribution in [0, 0.1) is 0 Å². The maximum absolute atomic E-state index is 12.6. The average Bonchev–Trinajstić information content (AvgIpc) is 2.69. The molecular formula is C22H30N2O3. The number of nitrogens with zero attached hydrogens (tertiary/aromatic N) is 1. The quantitative estimate of drug-likeness (QED) is 0.644. The molecule has 0 heterocycles. The van der Waals surface area contributed by atoms with Crippen molar-refractivity contribution < 1.29 is 14.3 Å². The predicted molar refractivity (Wildman–Crippen MR) is 109 cm³/mol. The van der Waals surface area contributed by atoms with Crippen LogP contribution in [-0.4, -0.2) is 45.2 Å². The van der Waals surface area contributed by atoms with Crippen LogP contribution in [-0.2, 0) is 0 Å². The lowest BCUT2D eigenvalue weighted by Crippen LogP contribution is -2.34. The third kappa shape index (κ3) is 6.00. The molecule has 2 aromatic carbocycles. The second kappa shape index (κ2) is 10.6. The number of nitrogens with one attached hydrogen (secondary N) is 1. The summed E-state index contributed by atoms with van der Waals surface area (Å²) in [5.74, 6) is 1.11. The van der Waals surface area contributed by atoms with Crippen molar-refractivity contribution in [3.05, 3.63) is 59.7 Å². The van der Waals surface area contributed by atoms with Gasteiger partial charge in [0.2, 0.25) is 0 Å². The zero-order valence-corrected chi connectivity index (χ0v) is 16.7. The molecule has 27 heavy (non-hydrogen) atoms. The largest absolute Gasteiger partial charge is 0.493 e. The molecule has 2 aromatic rings. The Morgan fingerprint density at radius 1 is 1.11 bits per heavy atom. The van der Waals surface area contributed by atoms with Gasteiger partial charge in [0, 0.05) is 12.1 Å². The number of methoxy groups -OCH3 is 1. The Balaban J connectivity index is 2.04. The monoisotopic (exact) mass is 370 g/mol. The van der Waals surface area contributed by atoms with Gasteiger partial charge in [0.05, 0.1) is 19.8 Å². The van der Waals surface area contributed by atoms with E-state index >= 15 is 0 Å². The van der Waals surface area contributed by atoms with Crippen LogP contribution in [0.3, 0.4) is 0 Å². The molecule has 1 N–H and O–H groups in total. The molecule has 1 amide bonds. The van der Waals surface area contributed by atoms with Gasteiger partial charge in [-0.25, -0.2) is 0 Å². The van der Waals surface area contributed by atoms with Crippen LogP contribution in [0.25, 0.3) is 0 Å². The maximum atomic E-state index is 12.6. The van der Waals surface area contributed by atoms with Crippen molar-refractivity contribution in [2.45, 2.75) is 25.8 Å². The highest BCUT2D eigenvalue weighted by atomic mass is 16.5. The van der Waals surface area contributed by atoms with E-state index < -0.39 is 0 Å². The summed E-state index contributed by atoms with van der Waals surface area (Å²) in [4.78, 5) is 14.7. The number of hydrogen-bond donors (Lipinski definition) is 1. The number of benzene rings is 2. The molecular weight excluding hydrogens is 340 g/mol. The van der Waals surface area contributed by atoms with Gasteiger partial charge in [-0.3, -0.25) is 4.79 Å². The molecule has 1 unspecified atom stereocenters. The van der Waals surface area contributed by atoms with Crippen molar-refractivity contribution in [3.63, 3.8) is 0 Å². The number of rotatable bonds is 10. The molecule has 0 radical (unpaired) electrons. The maximum Gasteiger partial charge on any atom is 0.251 e. The van der Waals surface area contributed by atoms with E-state index in [9.17, 15) is 4.79 Å². The van der Waals surface area contributed by atoms with Gasteiger partial charge in [-0.1, -0.05) is 43.7 Å². The number of amides is 1. The summed E-state index contributed by atoms with van der Waals surface area (Å²) in [6.07, 6.45) is 2.05. The Labute approximate surface area is 162 Å². The Kier molecular flexibility index (Phi) is 8.14. The Hall–Kier alpha value is -2.53. The minimum Gasteiger partial charge on any atom is -0.493 e. The number of carbonyl (C=O) groups is 1. The third-order valence-electron chi connectivity index (χ3n) is 4.44. The van der Waals surface area contributed by atoms with Crippen molar-refractivity contribution in [3.8, 4) is 11.5 Å². The smallest absolute Gasteiger partial charge is 0.251 e. The minimum absolute atomic E-state index is 0.105. The minimum atomic E-state index is -0.129. The molecule has 0 saturated heterocycles. The van der Waals surface area contributed by atoms with Crippen molar-refractivity contribution in [2.75, 3.05) is 34.4 Å². The molecule has 0 aliphatic heterocycles. The topological polar surface area (TPSA) is 50.8 Å². The van der Waals surface area contributed by atoms with Gasteiger partial charge in [0.25, 0.3) is 5.91 Å². The normalized spacial score (nSPS) is 11.9. The molecule has 0 aromatic heterocycles. The highest BCUT2D eigenvalue weighted by Gasteiger charge is 2.16. The van der Waals surface area contributed by atoms with E-state index in [0.717, 1.165) is 12.8 Å². The van der Waals surface area contributed by atoms with Crippen LogP contribution in [0.2, 0.25) is 0 Å². The third-order valence-corrected chi connectivity index (χ3v) is 4.44. The van der Waals surface area contributed by atoms with Crippen LogP contribution in [0.4, 0.5) is 0 Å². The number of carbonyl (C=O) groups excluding carboxylic acids is 1. The fourth-order valence-corrected chi connectivity index (χ4v) is 2.82. The highest BCUT2D eigenvalue weighted by molar-refractivity contribution is 5.94. The summed E-state index contributed by atoms with van der Waals surface area (Å²) >= 11 is 0. The van der Waals surface area contributed by atoms with Crippen molar-refractivity contribution in [1.82, 2.24) is 10.2 Å². The molecule has 5 heteroatoms. The first-order valence-corrected chi connectivity index (χ1v) is 9.37. The first-order chi connectivity index (χ1) is 13.1. The molecule has 5 nitrogen and oxygen atoms in total. The lowest BCUT2D eigenvalue weighted by molar-refractivity contribution is 0.0941. The van der Waals surface area contributed by atoms with Crippen LogP contribution in [0.15, 0.2) is 48.5 Å². The van der Waals surface area contributed by atoms with E-state index in [2.05, 4.69) is 29.3 Å². The van der Waals surface area contributed by atoms with E-state index in [1.807, 2.05) is 32.3 Å². The second-order valence-electron chi connectivity index (χ2n) is 6.67. The molecule has 2 rings (SSSR count). The van der Waals surface area contributed by atoms with Crippen LogP contribution in [0.5, 0.6) is 11.5 Å². The number of unbranched alkanes of at least 4 members (excludes halogenated alkanes) is 1. The van der Waals surface area contributed by atoms with E-state index in [4.69, 9.17) is 9.47 Å². The van der Waals surface area contributed by atoms with Gasteiger partial charge in [0.1, 0.15) is 0 Å². The van der Waals surface area contributed by atoms with Crippen molar-refractivity contribution >= 4 is 5.91 Å². The van der Waals surface area contributed by atoms with Gasteiger partial charge in [-0.15, -0.1) is 0 Å². The zero-order chi connectivity index (χ0) is 19.6. The van der Waals surface area contributed by atoms with Crippen molar-refractivity contribution in [1.29, 1.82) is 0 Å². The predicted octanol–water partition coefficient (Wildman–Crippen LogP) is 3.91. The number of likely N-dealkylation sites (N-methyl/N-ethyl adjacent to an activating group) is 1. The molecule has 0 bridgehead atoms. The first kappa shape index (κ1) is 20.8. The summed E-state index contributed by atoms with van der Waals surface area (Å²) in [6, 6.07) is 15.6. The molecule has 0 saturated carbocycles.